The first-order valence-electron chi connectivity index (χ1n) is 2.40. The molecule has 1 aliphatic heterocycles. The topological polar surface area (TPSA) is 74.7 Å². The van der Waals surface area contributed by atoms with E-state index in [-0.39, 0.29) is 43.9 Å². The molecule has 1 rings (SSSR count). The summed E-state index contributed by atoms with van der Waals surface area (Å²) in [6.45, 7) is 0. The molecule has 64 valence electrons. The van der Waals surface area contributed by atoms with E-state index in [0.29, 0.717) is 0 Å². The van der Waals surface area contributed by atoms with Crippen molar-refractivity contribution in [2.45, 2.75) is 0 Å². The van der Waals surface area contributed by atoms with Gasteiger partial charge in [0.2, 0.25) is 0 Å². The summed E-state index contributed by atoms with van der Waals surface area (Å²) in [5, 5.41) is 0. The SMILES string of the molecule is O=C1CSC(=S)N1S(=O)(=O)O.[NaH]. The molecular formula is C3H4NNaO4S3. The normalized spacial score (nSPS) is 17.9. The molecule has 1 fully saturated rings. The molecule has 1 aliphatic rings. The molecule has 0 saturated carbocycles. The van der Waals surface area contributed by atoms with Crippen molar-refractivity contribution in [3.05, 3.63) is 0 Å². The van der Waals surface area contributed by atoms with Gasteiger partial charge in [-0.1, -0.05) is 24.0 Å². The number of thiocarbonyl (C=S) groups is 1. The van der Waals surface area contributed by atoms with E-state index in [9.17, 15) is 13.2 Å². The molecule has 1 N–H and O–H groups in total. The number of nitrogens with zero attached hydrogens (tertiary/aromatic N) is 1. The standard InChI is InChI=1S/C3H3NO4S3.Na.H/c5-2-1-10-3(9)4(2)11(6,7)8;;/h1H2,(H,6,7,8);;. The molecular weight excluding hydrogens is 233 g/mol. The summed E-state index contributed by atoms with van der Waals surface area (Å²) in [5.74, 6) is -0.735. The Kier molecular flexibility index (Phi) is 4.66. The zero-order chi connectivity index (χ0) is 8.65. The van der Waals surface area contributed by atoms with Crippen LogP contribution in [0.1, 0.15) is 0 Å². The van der Waals surface area contributed by atoms with Crippen molar-refractivity contribution in [1.29, 1.82) is 0 Å². The third-order valence-corrected chi connectivity index (χ3v) is 3.38. The van der Waals surface area contributed by atoms with E-state index in [4.69, 9.17) is 4.55 Å². The Morgan fingerprint density at radius 2 is 2.08 bits per heavy atom. The average Bonchev–Trinajstić information content (AvgIpc) is 2.08. The van der Waals surface area contributed by atoms with Gasteiger partial charge in [0.25, 0.3) is 5.91 Å². The van der Waals surface area contributed by atoms with Crippen LogP contribution in [0.4, 0.5) is 0 Å². The summed E-state index contributed by atoms with van der Waals surface area (Å²) in [4.78, 5) is 10.7. The third-order valence-electron chi connectivity index (χ3n) is 0.942. The number of thioether (sulfide) groups is 1. The van der Waals surface area contributed by atoms with Gasteiger partial charge >= 0.3 is 39.9 Å². The van der Waals surface area contributed by atoms with Gasteiger partial charge in [-0.25, -0.2) is 0 Å². The van der Waals surface area contributed by atoms with Crippen LogP contribution in [0, 0.1) is 0 Å². The van der Waals surface area contributed by atoms with Crippen LogP contribution in [0.3, 0.4) is 0 Å². The Balaban J connectivity index is 0.00000121. The fourth-order valence-corrected chi connectivity index (χ4v) is 2.75. The van der Waals surface area contributed by atoms with Crippen LogP contribution in [0.15, 0.2) is 0 Å². The zero-order valence-corrected chi connectivity index (χ0v) is 7.50. The number of rotatable bonds is 1. The van der Waals surface area contributed by atoms with E-state index in [1.807, 2.05) is 0 Å². The monoisotopic (exact) mass is 237 g/mol. The van der Waals surface area contributed by atoms with Crippen LogP contribution in [0.5, 0.6) is 0 Å². The Hall–Kier alpha value is 0.820. The summed E-state index contributed by atoms with van der Waals surface area (Å²) in [7, 11) is -4.48. The van der Waals surface area contributed by atoms with Gasteiger partial charge < -0.3 is 0 Å². The Bertz CT molecular complexity index is 296. The predicted octanol–water partition coefficient (Wildman–Crippen LogP) is -0.999. The molecule has 5 nitrogen and oxygen atoms in total. The Morgan fingerprint density at radius 3 is 2.25 bits per heavy atom. The average molecular weight is 237 g/mol. The number of hydrogen-bond donors (Lipinski definition) is 1. The number of carbonyl (C=O) groups is 1. The van der Waals surface area contributed by atoms with Gasteiger partial charge in [-0.3, -0.25) is 9.35 Å². The van der Waals surface area contributed by atoms with Crippen molar-refractivity contribution < 1.29 is 17.8 Å². The molecule has 0 aliphatic carbocycles. The number of amides is 1. The van der Waals surface area contributed by atoms with E-state index < -0.39 is 16.2 Å². The van der Waals surface area contributed by atoms with Crippen LogP contribution in [-0.4, -0.2) is 62.8 Å². The molecule has 0 unspecified atom stereocenters. The molecule has 0 aromatic rings. The van der Waals surface area contributed by atoms with Gasteiger partial charge in [-0.05, 0) is 0 Å². The van der Waals surface area contributed by atoms with Crippen molar-refractivity contribution >= 4 is 74.1 Å². The second kappa shape index (κ2) is 4.36. The van der Waals surface area contributed by atoms with Crippen LogP contribution in [-0.2, 0) is 15.1 Å². The second-order valence-electron chi connectivity index (χ2n) is 1.69. The molecule has 1 amide bonds. The minimum absolute atomic E-state index is 0. The minimum atomic E-state index is -4.48. The molecule has 0 radical (unpaired) electrons. The molecule has 0 aromatic heterocycles. The Morgan fingerprint density at radius 1 is 1.58 bits per heavy atom. The van der Waals surface area contributed by atoms with Crippen molar-refractivity contribution in [3.63, 3.8) is 0 Å². The molecule has 0 spiro atoms. The first kappa shape index (κ1) is 12.8. The van der Waals surface area contributed by atoms with Crippen LogP contribution < -0.4 is 0 Å². The summed E-state index contributed by atoms with van der Waals surface area (Å²) in [6, 6.07) is 0. The van der Waals surface area contributed by atoms with Gasteiger partial charge in [0.1, 0.15) is 0 Å². The van der Waals surface area contributed by atoms with Gasteiger partial charge in [-0.2, -0.15) is 12.7 Å². The summed E-state index contributed by atoms with van der Waals surface area (Å²) in [6.07, 6.45) is 0. The maximum atomic E-state index is 10.7. The van der Waals surface area contributed by atoms with Crippen molar-refractivity contribution in [2.75, 3.05) is 5.75 Å². The van der Waals surface area contributed by atoms with E-state index in [1.54, 1.807) is 0 Å². The Labute approximate surface area is 101 Å². The first-order chi connectivity index (χ1) is 4.93. The third kappa shape index (κ3) is 2.66. The zero-order valence-electron chi connectivity index (χ0n) is 5.05. The van der Waals surface area contributed by atoms with E-state index in [0.717, 1.165) is 11.8 Å². The summed E-state index contributed by atoms with van der Waals surface area (Å²) < 4.78 is 29.4. The van der Waals surface area contributed by atoms with E-state index in [2.05, 4.69) is 12.2 Å². The quantitative estimate of drug-likeness (QED) is 0.358. The second-order valence-corrected chi connectivity index (χ2v) is 4.56. The van der Waals surface area contributed by atoms with Gasteiger partial charge in [0.15, 0.2) is 4.32 Å². The van der Waals surface area contributed by atoms with E-state index in [1.165, 1.54) is 0 Å². The molecule has 0 aromatic carbocycles. The van der Waals surface area contributed by atoms with Crippen molar-refractivity contribution in [2.24, 2.45) is 0 Å². The summed E-state index contributed by atoms with van der Waals surface area (Å²) in [5.41, 5.74) is 0. The summed E-state index contributed by atoms with van der Waals surface area (Å²) >= 11 is 5.40. The fourth-order valence-electron chi connectivity index (χ4n) is 0.565. The molecule has 0 atom stereocenters. The molecule has 1 heterocycles. The molecule has 1 saturated heterocycles. The predicted molar refractivity (Wildman–Crippen MR) is 50.6 cm³/mol. The van der Waals surface area contributed by atoms with Crippen LogP contribution >= 0.6 is 24.0 Å². The van der Waals surface area contributed by atoms with Crippen molar-refractivity contribution in [3.8, 4) is 0 Å². The van der Waals surface area contributed by atoms with Crippen molar-refractivity contribution in [1.82, 2.24) is 4.31 Å². The fraction of sp³-hybridized carbons (Fsp3) is 0.333. The van der Waals surface area contributed by atoms with Crippen LogP contribution in [0.25, 0.3) is 0 Å². The molecule has 9 heteroatoms. The van der Waals surface area contributed by atoms with Gasteiger partial charge in [-0.15, -0.1) is 0 Å². The van der Waals surface area contributed by atoms with Crippen LogP contribution in [0.2, 0.25) is 0 Å². The van der Waals surface area contributed by atoms with Gasteiger partial charge in [0.05, 0.1) is 5.75 Å². The molecule has 12 heavy (non-hydrogen) atoms. The van der Waals surface area contributed by atoms with Gasteiger partial charge in [0, 0.05) is 0 Å². The number of hydrogen-bond acceptors (Lipinski definition) is 5. The first-order valence-corrected chi connectivity index (χ1v) is 5.19. The number of carbonyl (C=O) groups excluding carboxylic acids is 1. The van der Waals surface area contributed by atoms with E-state index >= 15 is 0 Å². The molecule has 0 bridgehead atoms. The maximum absolute atomic E-state index is 10.7.